The lowest BCUT2D eigenvalue weighted by Crippen LogP contribution is -2.16. The largest absolute Gasteiger partial charge is 0.500 e. The van der Waals surface area contributed by atoms with Crippen molar-refractivity contribution in [2.75, 3.05) is 6.61 Å². The molecule has 0 amide bonds. The van der Waals surface area contributed by atoms with E-state index in [2.05, 4.69) is 13.8 Å². The Morgan fingerprint density at radius 1 is 1.24 bits per heavy atom. The van der Waals surface area contributed by atoms with E-state index >= 15 is 0 Å². The fourth-order valence-electron chi connectivity index (χ4n) is 1.65. The zero-order valence-corrected chi connectivity index (χ0v) is 11.5. The number of nitrogens with zero attached hydrogens (tertiary/aromatic N) is 1. The van der Waals surface area contributed by atoms with E-state index in [0.29, 0.717) is 0 Å². The Kier molecular flexibility index (Phi) is 6.20. The number of hydrogen-bond donors (Lipinski definition) is 0. The molecule has 0 saturated carbocycles. The van der Waals surface area contributed by atoms with Gasteiger partial charge < -0.3 is 3.79 Å². The Morgan fingerprint density at radius 3 is 2.29 bits per heavy atom. The summed E-state index contributed by atoms with van der Waals surface area (Å²) in [6.45, 7) is 5.08. The molecule has 0 radical (unpaired) electrons. The van der Waals surface area contributed by atoms with Gasteiger partial charge in [0.15, 0.2) is 0 Å². The molecule has 92 valence electrons. The van der Waals surface area contributed by atoms with Crippen molar-refractivity contribution < 1.29 is 8.71 Å². The van der Waals surface area contributed by atoms with E-state index in [0.717, 1.165) is 29.2 Å². The maximum atomic E-state index is 10.5. The first kappa shape index (κ1) is 14.2. The standard InChI is InChI=1S/C8H8NO3.2C2H5.Al/c10-6-5-7-1-3-8(4-2-7)9(11)12;2*1-2;/h1-4H,5-6H2;2*1H2,2H3;/q-1;;;+1. The van der Waals surface area contributed by atoms with Crippen LogP contribution in [0.1, 0.15) is 19.4 Å². The van der Waals surface area contributed by atoms with E-state index in [1.165, 1.54) is 0 Å². The highest BCUT2D eigenvalue weighted by atomic mass is 27.2. The van der Waals surface area contributed by atoms with Crippen LogP contribution in [0.25, 0.3) is 0 Å². The first-order valence-electron chi connectivity index (χ1n) is 6.02. The van der Waals surface area contributed by atoms with Gasteiger partial charge in [-0.25, -0.2) is 0 Å². The lowest BCUT2D eigenvalue weighted by molar-refractivity contribution is -0.384. The second kappa shape index (κ2) is 7.44. The fourth-order valence-corrected chi connectivity index (χ4v) is 3.15. The highest BCUT2D eigenvalue weighted by Gasteiger charge is 2.14. The second-order valence-electron chi connectivity index (χ2n) is 3.98. The lowest BCUT2D eigenvalue weighted by Gasteiger charge is -2.09. The summed E-state index contributed by atoms with van der Waals surface area (Å²) in [5.41, 5.74) is 1.24. The molecule has 0 N–H and O–H groups in total. The summed E-state index contributed by atoms with van der Waals surface area (Å²) in [7, 11) is 0. The molecule has 0 bridgehead atoms. The van der Waals surface area contributed by atoms with Gasteiger partial charge in [0.25, 0.3) is 5.69 Å². The van der Waals surface area contributed by atoms with E-state index in [1.54, 1.807) is 24.3 Å². The number of non-ortho nitro benzene ring substituents is 1. The monoisotopic (exact) mass is 251 g/mol. The topological polar surface area (TPSA) is 52.4 Å². The molecular weight excluding hydrogens is 233 g/mol. The smallest absolute Gasteiger partial charge is 0.460 e. The quantitative estimate of drug-likeness (QED) is 0.425. The molecular formula is C12H18AlNO3. The number of rotatable bonds is 7. The van der Waals surface area contributed by atoms with Crippen molar-refractivity contribution in [3.63, 3.8) is 0 Å². The van der Waals surface area contributed by atoms with Crippen molar-refractivity contribution in [1.29, 1.82) is 0 Å². The Hall–Kier alpha value is -0.888. The van der Waals surface area contributed by atoms with Gasteiger partial charge in [-0.2, -0.15) is 0 Å². The van der Waals surface area contributed by atoms with Gasteiger partial charge in [-0.1, -0.05) is 36.5 Å². The predicted octanol–water partition coefficient (Wildman–Crippen LogP) is 3.19. The fraction of sp³-hybridized carbons (Fsp3) is 0.500. The van der Waals surface area contributed by atoms with Crippen molar-refractivity contribution in [2.45, 2.75) is 30.8 Å². The summed E-state index contributed by atoms with van der Waals surface area (Å²) in [5.74, 6) is 0. The van der Waals surface area contributed by atoms with Gasteiger partial charge in [-0.05, 0) is 12.0 Å². The Bertz CT molecular complexity index is 349. The van der Waals surface area contributed by atoms with Gasteiger partial charge in [0.05, 0.1) is 4.92 Å². The molecule has 0 aromatic heterocycles. The normalized spacial score (nSPS) is 10.2. The lowest BCUT2D eigenvalue weighted by atomic mass is 10.1. The molecule has 1 aromatic rings. The molecule has 0 heterocycles. The third-order valence-electron chi connectivity index (χ3n) is 2.80. The zero-order valence-electron chi connectivity index (χ0n) is 10.4. The number of nitro groups is 1. The minimum absolute atomic E-state index is 0.143. The molecule has 1 rings (SSSR count). The predicted molar refractivity (Wildman–Crippen MR) is 69.5 cm³/mol. The van der Waals surface area contributed by atoms with Crippen LogP contribution in [0.5, 0.6) is 0 Å². The van der Waals surface area contributed by atoms with Crippen LogP contribution in [0.15, 0.2) is 24.3 Å². The summed E-state index contributed by atoms with van der Waals surface area (Å²) in [4.78, 5) is 10.1. The molecule has 0 unspecified atom stereocenters. The molecule has 4 nitrogen and oxygen atoms in total. The number of nitro benzene ring substituents is 1. The van der Waals surface area contributed by atoms with Crippen LogP contribution >= 0.6 is 0 Å². The Morgan fingerprint density at radius 2 is 1.82 bits per heavy atom. The van der Waals surface area contributed by atoms with Crippen LogP contribution in [0.3, 0.4) is 0 Å². The minimum Gasteiger partial charge on any atom is -0.500 e. The third kappa shape index (κ3) is 4.86. The SMILES string of the molecule is C[CH2][Al]([CH2]C)[O]CCc1ccc([N+](=O)[O-])cc1. The van der Waals surface area contributed by atoms with Crippen LogP contribution in [-0.2, 0) is 10.2 Å². The van der Waals surface area contributed by atoms with Gasteiger partial charge in [0, 0.05) is 18.7 Å². The van der Waals surface area contributed by atoms with Crippen molar-refractivity contribution in [3.8, 4) is 0 Å². The van der Waals surface area contributed by atoms with Crippen LogP contribution in [0, 0.1) is 10.1 Å². The molecule has 17 heavy (non-hydrogen) atoms. The average Bonchev–Trinajstić information content (AvgIpc) is 2.35. The molecule has 0 atom stereocenters. The molecule has 0 aliphatic heterocycles. The maximum Gasteiger partial charge on any atom is 0.460 e. The molecule has 0 fully saturated rings. The van der Waals surface area contributed by atoms with E-state index in [4.69, 9.17) is 3.79 Å². The van der Waals surface area contributed by atoms with Gasteiger partial charge in [0.2, 0.25) is 0 Å². The van der Waals surface area contributed by atoms with Crippen molar-refractivity contribution in [1.82, 2.24) is 0 Å². The number of benzene rings is 1. The van der Waals surface area contributed by atoms with Crippen molar-refractivity contribution >= 4 is 20.2 Å². The van der Waals surface area contributed by atoms with E-state index in [9.17, 15) is 10.1 Å². The average molecular weight is 251 g/mol. The summed E-state index contributed by atoms with van der Waals surface area (Å²) in [6, 6.07) is 6.69. The molecule has 1 aromatic carbocycles. The van der Waals surface area contributed by atoms with E-state index in [-0.39, 0.29) is 10.6 Å². The van der Waals surface area contributed by atoms with E-state index in [1.807, 2.05) is 0 Å². The molecule has 5 heteroatoms. The van der Waals surface area contributed by atoms with Gasteiger partial charge in [-0.3, -0.25) is 10.1 Å². The Labute approximate surface area is 106 Å². The first-order chi connectivity index (χ1) is 8.17. The van der Waals surface area contributed by atoms with Gasteiger partial charge in [-0.15, -0.1) is 0 Å². The van der Waals surface area contributed by atoms with Crippen LogP contribution in [-0.4, -0.2) is 26.0 Å². The highest BCUT2D eigenvalue weighted by Crippen LogP contribution is 2.12. The van der Waals surface area contributed by atoms with E-state index < -0.39 is 14.5 Å². The maximum absolute atomic E-state index is 10.5. The van der Waals surface area contributed by atoms with Gasteiger partial charge in [0.1, 0.15) is 0 Å². The zero-order chi connectivity index (χ0) is 12.7. The first-order valence-corrected chi connectivity index (χ1v) is 8.12. The highest BCUT2D eigenvalue weighted by molar-refractivity contribution is 6.51. The summed E-state index contributed by atoms with van der Waals surface area (Å²) in [6.07, 6.45) is 0.835. The summed E-state index contributed by atoms with van der Waals surface area (Å²) in [5, 5.41) is 12.8. The van der Waals surface area contributed by atoms with Crippen LogP contribution in [0.2, 0.25) is 10.6 Å². The van der Waals surface area contributed by atoms with Crippen molar-refractivity contribution in [3.05, 3.63) is 39.9 Å². The summed E-state index contributed by atoms with van der Waals surface area (Å²) < 4.78 is 5.83. The number of hydrogen-bond acceptors (Lipinski definition) is 3. The summed E-state index contributed by atoms with van der Waals surface area (Å²) >= 11 is -0.968. The van der Waals surface area contributed by atoms with Gasteiger partial charge >= 0.3 is 14.5 Å². The van der Waals surface area contributed by atoms with Crippen LogP contribution in [0.4, 0.5) is 5.69 Å². The third-order valence-corrected chi connectivity index (χ3v) is 5.33. The minimum atomic E-state index is -0.968. The molecule has 0 saturated heterocycles. The second-order valence-corrected chi connectivity index (χ2v) is 7.19. The molecule has 0 spiro atoms. The molecule has 0 aliphatic rings. The molecule has 0 aliphatic carbocycles. The van der Waals surface area contributed by atoms with Crippen LogP contribution < -0.4 is 0 Å². The van der Waals surface area contributed by atoms with Crippen molar-refractivity contribution in [2.24, 2.45) is 0 Å². The Balaban J connectivity index is 2.39.